The summed E-state index contributed by atoms with van der Waals surface area (Å²) in [7, 11) is 0. The van der Waals surface area contributed by atoms with Gasteiger partial charge >= 0.3 is 5.97 Å². The second-order valence-corrected chi connectivity index (χ2v) is 4.66. The minimum absolute atomic E-state index is 0.0464. The highest BCUT2D eigenvalue weighted by atomic mass is 16.5. The third-order valence-corrected chi connectivity index (χ3v) is 3.40. The van der Waals surface area contributed by atoms with Crippen LogP contribution in [0.3, 0.4) is 0 Å². The van der Waals surface area contributed by atoms with Gasteiger partial charge in [-0.25, -0.2) is 4.98 Å². The second-order valence-electron chi connectivity index (χ2n) is 4.66. The van der Waals surface area contributed by atoms with E-state index in [1.807, 2.05) is 19.2 Å². The van der Waals surface area contributed by atoms with E-state index in [0.717, 1.165) is 31.7 Å². The molecule has 2 heterocycles. The molecule has 18 heavy (non-hydrogen) atoms. The third-order valence-electron chi connectivity index (χ3n) is 3.40. The smallest absolute Gasteiger partial charge is 0.309 e. The fraction of sp³-hybridized carbons (Fsp3) is 0.571. The number of ether oxygens (including phenoxy) is 1. The number of carbonyl (C=O) groups excluding carboxylic acids is 1. The number of hydrogen-bond acceptors (Lipinski definition) is 4. The quantitative estimate of drug-likeness (QED) is 0.769. The first-order valence-electron chi connectivity index (χ1n) is 6.55. The number of anilines is 1. The van der Waals surface area contributed by atoms with Gasteiger partial charge in [-0.3, -0.25) is 4.79 Å². The van der Waals surface area contributed by atoms with E-state index < -0.39 is 0 Å². The van der Waals surface area contributed by atoms with E-state index >= 15 is 0 Å². The molecule has 0 amide bonds. The zero-order valence-electron chi connectivity index (χ0n) is 11.1. The molecule has 0 atom stereocenters. The van der Waals surface area contributed by atoms with Crippen LogP contribution in [0.15, 0.2) is 18.3 Å². The number of piperidine rings is 1. The highest BCUT2D eigenvalue weighted by Gasteiger charge is 2.26. The van der Waals surface area contributed by atoms with Crippen LogP contribution in [-0.4, -0.2) is 30.6 Å². The van der Waals surface area contributed by atoms with E-state index in [9.17, 15) is 4.79 Å². The van der Waals surface area contributed by atoms with E-state index in [4.69, 9.17) is 4.74 Å². The van der Waals surface area contributed by atoms with Crippen LogP contribution in [0.1, 0.15) is 25.3 Å². The maximum Gasteiger partial charge on any atom is 0.309 e. The molecule has 0 unspecified atom stereocenters. The molecule has 1 aromatic rings. The van der Waals surface area contributed by atoms with Gasteiger partial charge in [-0.05, 0) is 38.3 Å². The molecule has 0 aliphatic carbocycles. The predicted molar refractivity (Wildman–Crippen MR) is 70.5 cm³/mol. The number of nitrogens with zero attached hydrogens (tertiary/aromatic N) is 2. The highest BCUT2D eigenvalue weighted by molar-refractivity contribution is 5.72. The number of hydrogen-bond donors (Lipinski definition) is 0. The lowest BCUT2D eigenvalue weighted by Crippen LogP contribution is -2.37. The van der Waals surface area contributed by atoms with Gasteiger partial charge in [-0.15, -0.1) is 0 Å². The Labute approximate surface area is 108 Å². The topological polar surface area (TPSA) is 42.4 Å². The summed E-state index contributed by atoms with van der Waals surface area (Å²) < 4.78 is 5.07. The van der Waals surface area contributed by atoms with Gasteiger partial charge in [0.25, 0.3) is 0 Å². The summed E-state index contributed by atoms with van der Waals surface area (Å²) in [5.74, 6) is 1.06. The summed E-state index contributed by atoms with van der Waals surface area (Å²) in [6.45, 7) is 6.14. The largest absolute Gasteiger partial charge is 0.466 e. The number of esters is 1. The summed E-state index contributed by atoms with van der Waals surface area (Å²) in [6, 6.07) is 4.02. The van der Waals surface area contributed by atoms with Gasteiger partial charge in [-0.1, -0.05) is 6.07 Å². The first-order valence-corrected chi connectivity index (χ1v) is 6.55. The lowest BCUT2D eigenvalue weighted by Gasteiger charge is -2.32. The summed E-state index contributed by atoms with van der Waals surface area (Å²) in [5.41, 5.74) is 1.19. The van der Waals surface area contributed by atoms with Crippen molar-refractivity contribution in [3.8, 4) is 0 Å². The maximum absolute atomic E-state index is 11.7. The molecule has 0 N–H and O–H groups in total. The fourth-order valence-electron chi connectivity index (χ4n) is 2.40. The molecule has 98 valence electrons. The minimum atomic E-state index is -0.0464. The van der Waals surface area contributed by atoms with E-state index in [2.05, 4.69) is 22.9 Å². The average Bonchev–Trinajstić information content (AvgIpc) is 2.40. The molecule has 4 heteroatoms. The molecular formula is C14H20N2O2. The first kappa shape index (κ1) is 12.9. The molecule has 1 fully saturated rings. The Kier molecular flexibility index (Phi) is 4.18. The van der Waals surface area contributed by atoms with E-state index in [0.29, 0.717) is 6.61 Å². The van der Waals surface area contributed by atoms with Crippen LogP contribution < -0.4 is 4.90 Å². The maximum atomic E-state index is 11.7. The van der Waals surface area contributed by atoms with Crippen molar-refractivity contribution in [1.82, 2.24) is 4.98 Å². The molecule has 0 saturated carbocycles. The molecule has 4 nitrogen and oxygen atoms in total. The van der Waals surface area contributed by atoms with E-state index in [-0.39, 0.29) is 11.9 Å². The number of aryl methyl sites for hydroxylation is 1. The normalized spacial score (nSPS) is 16.7. The minimum Gasteiger partial charge on any atom is -0.466 e. The van der Waals surface area contributed by atoms with Gasteiger partial charge in [-0.2, -0.15) is 0 Å². The molecule has 1 saturated heterocycles. The lowest BCUT2D eigenvalue weighted by molar-refractivity contribution is -0.148. The molecule has 1 aliphatic rings. The summed E-state index contributed by atoms with van der Waals surface area (Å²) >= 11 is 0. The Bertz CT molecular complexity index is 412. The van der Waals surface area contributed by atoms with E-state index in [1.54, 1.807) is 0 Å². The van der Waals surface area contributed by atoms with Crippen LogP contribution in [0, 0.1) is 12.8 Å². The Hall–Kier alpha value is -1.58. The fourth-order valence-corrected chi connectivity index (χ4v) is 2.40. The third kappa shape index (κ3) is 2.81. The van der Waals surface area contributed by atoms with Crippen molar-refractivity contribution in [2.45, 2.75) is 26.7 Å². The molecular weight excluding hydrogens is 228 g/mol. The van der Waals surface area contributed by atoms with E-state index in [1.165, 1.54) is 5.56 Å². The molecule has 0 aromatic carbocycles. The predicted octanol–water partition coefficient (Wildman–Crippen LogP) is 2.17. The number of carbonyl (C=O) groups is 1. The lowest BCUT2D eigenvalue weighted by atomic mass is 9.97. The van der Waals surface area contributed by atoms with Gasteiger partial charge in [0.2, 0.25) is 0 Å². The Morgan fingerprint density at radius 3 is 2.83 bits per heavy atom. The van der Waals surface area contributed by atoms with Crippen LogP contribution in [0.25, 0.3) is 0 Å². The van der Waals surface area contributed by atoms with Crippen molar-refractivity contribution in [3.63, 3.8) is 0 Å². The molecule has 1 aliphatic heterocycles. The Morgan fingerprint density at radius 1 is 1.50 bits per heavy atom. The zero-order valence-corrected chi connectivity index (χ0v) is 11.1. The summed E-state index contributed by atoms with van der Waals surface area (Å²) in [6.07, 6.45) is 3.53. The van der Waals surface area contributed by atoms with Crippen molar-refractivity contribution >= 4 is 11.8 Å². The number of pyridine rings is 1. The molecule has 0 radical (unpaired) electrons. The van der Waals surface area contributed by atoms with Gasteiger partial charge in [0.15, 0.2) is 0 Å². The summed E-state index contributed by atoms with van der Waals surface area (Å²) in [4.78, 5) is 18.3. The highest BCUT2D eigenvalue weighted by Crippen LogP contribution is 2.24. The van der Waals surface area contributed by atoms with Crippen molar-refractivity contribution in [2.24, 2.45) is 5.92 Å². The number of rotatable bonds is 3. The van der Waals surface area contributed by atoms with Crippen LogP contribution in [0.5, 0.6) is 0 Å². The molecule has 0 spiro atoms. The van der Waals surface area contributed by atoms with Gasteiger partial charge < -0.3 is 9.64 Å². The van der Waals surface area contributed by atoms with Gasteiger partial charge in [0, 0.05) is 19.3 Å². The van der Waals surface area contributed by atoms with Crippen LogP contribution in [-0.2, 0) is 9.53 Å². The molecule has 1 aromatic heterocycles. The van der Waals surface area contributed by atoms with Crippen molar-refractivity contribution < 1.29 is 9.53 Å². The first-order chi connectivity index (χ1) is 8.72. The summed E-state index contributed by atoms with van der Waals surface area (Å²) in [5, 5.41) is 0. The second kappa shape index (κ2) is 5.85. The molecule has 2 rings (SSSR count). The van der Waals surface area contributed by atoms with Crippen molar-refractivity contribution in [2.75, 3.05) is 24.6 Å². The van der Waals surface area contributed by atoms with Crippen molar-refractivity contribution in [1.29, 1.82) is 0 Å². The van der Waals surface area contributed by atoms with Gasteiger partial charge in [0.1, 0.15) is 5.82 Å². The molecule has 0 bridgehead atoms. The zero-order chi connectivity index (χ0) is 13.0. The average molecular weight is 248 g/mol. The SMILES string of the molecule is CCOC(=O)C1CCN(c2ncccc2C)CC1. The monoisotopic (exact) mass is 248 g/mol. The van der Waals surface area contributed by atoms with Gasteiger partial charge in [0.05, 0.1) is 12.5 Å². The standard InChI is InChI=1S/C14H20N2O2/c1-3-18-14(17)12-6-9-16(10-7-12)13-11(2)5-4-8-15-13/h4-5,8,12H,3,6-7,9-10H2,1-2H3. The van der Waals surface area contributed by atoms with Crippen LogP contribution in [0.2, 0.25) is 0 Å². The Morgan fingerprint density at radius 2 is 2.22 bits per heavy atom. The van der Waals surface area contributed by atoms with Crippen LogP contribution in [0.4, 0.5) is 5.82 Å². The Balaban J connectivity index is 1.95. The number of aromatic nitrogens is 1. The van der Waals surface area contributed by atoms with Crippen molar-refractivity contribution in [3.05, 3.63) is 23.9 Å². The van der Waals surface area contributed by atoms with Crippen LogP contribution >= 0.6 is 0 Å².